The monoisotopic (exact) mass is 105 g/mol. The quantitative estimate of drug-likeness (QED) is 0.370. The van der Waals surface area contributed by atoms with Gasteiger partial charge in [0.25, 0.3) is 0 Å². The summed E-state index contributed by atoms with van der Waals surface area (Å²) in [5.41, 5.74) is 0. The maximum absolute atomic E-state index is 4.64. The van der Waals surface area contributed by atoms with E-state index in [1.807, 2.05) is 0 Å². The summed E-state index contributed by atoms with van der Waals surface area (Å²) in [5, 5.41) is 0. The fraction of sp³-hybridized carbons (Fsp3) is 0. The maximum Gasteiger partial charge on any atom is 0 e. The van der Waals surface area contributed by atoms with E-state index < -0.39 is 0 Å². The fourth-order valence-corrected chi connectivity index (χ4v) is 0. The molecule has 0 N–H and O–H groups in total. The minimum Gasteiger partial charge on any atom is 0 e. The zero-order valence-electron chi connectivity index (χ0n) is 1.76. The van der Waals surface area contributed by atoms with Gasteiger partial charge in [-0.1, -0.05) is 0 Å². The van der Waals surface area contributed by atoms with Gasteiger partial charge in [-0.2, -0.15) is 0 Å². The van der Waals surface area contributed by atoms with Gasteiger partial charge in [0.15, 0.2) is 0 Å². The molecule has 17 valence electrons. The summed E-state index contributed by atoms with van der Waals surface area (Å²) in [7, 11) is 4.64. The molecule has 0 nitrogen and oxygen atoms in total. The van der Waals surface area contributed by atoms with Crippen molar-refractivity contribution in [3.05, 3.63) is 0 Å². The van der Waals surface area contributed by atoms with Gasteiger partial charge in [-0.25, -0.2) is 0 Å². The first-order chi connectivity index (χ1) is 1.00. The van der Waals surface area contributed by atoms with Crippen molar-refractivity contribution in [2.24, 2.45) is 0 Å². The van der Waals surface area contributed by atoms with Crippen molar-refractivity contribution in [3.63, 3.8) is 0 Å². The predicted molar refractivity (Wildman–Crippen MR) is 18.8 cm³/mol. The van der Waals surface area contributed by atoms with Crippen molar-refractivity contribution < 1.29 is 17.1 Å². The number of halogens is 1. The van der Waals surface area contributed by atoms with Gasteiger partial charge < -0.3 is 0 Å². The minimum atomic E-state index is 0. The van der Waals surface area contributed by atoms with E-state index in [4.69, 9.17) is 0 Å². The van der Waals surface area contributed by atoms with E-state index in [-0.39, 0.29) is 35.9 Å². The SMILES string of the molecule is [LiH].[Li][Cl].[Mn]. The van der Waals surface area contributed by atoms with E-state index in [0.29, 0.717) is 0 Å². The minimum absolute atomic E-state index is 0. The molecule has 0 heterocycles. The molecule has 0 saturated heterocycles. The van der Waals surface area contributed by atoms with E-state index >= 15 is 0 Å². The average Bonchev–Trinajstić information content (AvgIpc) is 1.00. The van der Waals surface area contributed by atoms with Gasteiger partial charge in [-0.3, -0.25) is 0 Å². The summed E-state index contributed by atoms with van der Waals surface area (Å²) in [6.07, 6.45) is 0. The summed E-state index contributed by atoms with van der Waals surface area (Å²) < 4.78 is 0. The van der Waals surface area contributed by atoms with Crippen molar-refractivity contribution in [3.8, 4) is 0 Å². The van der Waals surface area contributed by atoms with Gasteiger partial charge in [0.05, 0.1) is 0 Å². The van der Waals surface area contributed by atoms with Crippen LogP contribution in [0.3, 0.4) is 0 Å². The van der Waals surface area contributed by atoms with Crippen LogP contribution in [0.2, 0.25) is 0 Å². The first-order valence-electron chi connectivity index (χ1n) is 0.378. The molecule has 0 fully saturated rings. The van der Waals surface area contributed by atoms with E-state index in [9.17, 15) is 0 Å². The third-order valence-electron chi connectivity index (χ3n) is 0. The molecular weight excluding hydrogens is 104 g/mol. The van der Waals surface area contributed by atoms with Crippen LogP contribution in [0.4, 0.5) is 0 Å². The summed E-state index contributed by atoms with van der Waals surface area (Å²) in [6, 6.07) is 0. The predicted octanol–water partition coefficient (Wildman–Crippen LogP) is -0.342. The van der Waals surface area contributed by atoms with Gasteiger partial charge in [0, 0.05) is 17.1 Å². The van der Waals surface area contributed by atoms with Gasteiger partial charge in [-0.05, 0) is 0 Å². The van der Waals surface area contributed by atoms with Gasteiger partial charge >= 0.3 is 45.4 Å². The Balaban J connectivity index is -0.00000000500. The second-order valence-electron chi connectivity index (χ2n) is 0. The summed E-state index contributed by atoms with van der Waals surface area (Å²) in [5.74, 6) is 0. The Morgan fingerprint density at radius 1 is 1.25 bits per heavy atom. The molecule has 0 aromatic rings. The third-order valence-corrected chi connectivity index (χ3v) is 0. The molecule has 0 aliphatic carbocycles. The van der Waals surface area contributed by atoms with Crippen LogP contribution in [-0.4, -0.2) is 35.6 Å². The fourth-order valence-electron chi connectivity index (χ4n) is 0. The van der Waals surface area contributed by atoms with E-state index in [0.717, 1.165) is 0 Å². The molecule has 0 bridgehead atoms. The molecule has 0 aliphatic heterocycles. The Kier molecular flexibility index (Phi) is 83.2. The van der Waals surface area contributed by atoms with Crippen LogP contribution in [-0.2, 0) is 17.1 Å². The first-order valence-corrected chi connectivity index (χ1v) is 1.13. The third kappa shape index (κ3) is 9.00. The number of rotatable bonds is 0. The van der Waals surface area contributed by atoms with E-state index in [1.54, 1.807) is 0 Å². The summed E-state index contributed by atoms with van der Waals surface area (Å²) in [4.78, 5) is 0. The molecule has 0 atom stereocenters. The Hall–Kier alpha value is 2.00. The molecule has 4 heavy (non-hydrogen) atoms. The van der Waals surface area contributed by atoms with Crippen molar-refractivity contribution in [2.75, 3.05) is 0 Å². The molecule has 0 amide bonds. The van der Waals surface area contributed by atoms with Crippen LogP contribution in [0.1, 0.15) is 0 Å². The Bertz CT molecular complexity index is 6.00. The number of hydrogen-bond acceptors (Lipinski definition) is 0. The molecule has 0 unspecified atom stereocenters. The normalized spacial score (nSPS) is 1.75. The molecule has 1 radical (unpaired) electrons. The molecule has 0 rings (SSSR count). The standard InChI is InChI=1S/ClH.2Li.Mn.H/h1H;;;;/q;;+1;;/p-1. The molecule has 0 aliphatic rings. The van der Waals surface area contributed by atoms with Crippen molar-refractivity contribution >= 4 is 45.4 Å². The molecule has 0 aromatic heterocycles. The number of hydrogen-bond donors (Lipinski definition) is 0. The van der Waals surface area contributed by atoms with Crippen molar-refractivity contribution in [2.45, 2.75) is 0 Å². The zero-order chi connectivity index (χ0) is 2.00. The summed E-state index contributed by atoms with van der Waals surface area (Å²) in [6.45, 7) is 0. The van der Waals surface area contributed by atoms with E-state index in [1.165, 1.54) is 16.7 Å². The molecule has 0 saturated carbocycles. The van der Waals surface area contributed by atoms with E-state index in [2.05, 4.69) is 9.80 Å². The van der Waals surface area contributed by atoms with Crippen LogP contribution in [0, 0.1) is 0 Å². The van der Waals surface area contributed by atoms with Gasteiger partial charge in [-0.15, -0.1) is 0 Å². The Morgan fingerprint density at radius 3 is 1.25 bits per heavy atom. The van der Waals surface area contributed by atoms with Crippen molar-refractivity contribution in [1.29, 1.82) is 0 Å². The second-order valence-corrected chi connectivity index (χ2v) is 0. The Labute approximate surface area is 62.0 Å². The second kappa shape index (κ2) is 20.0. The van der Waals surface area contributed by atoms with Crippen LogP contribution in [0.5, 0.6) is 0 Å². The topological polar surface area (TPSA) is 0 Å². The first kappa shape index (κ1) is 16.7. The molecule has 4 heteroatoms. The van der Waals surface area contributed by atoms with Crippen molar-refractivity contribution in [1.82, 2.24) is 0 Å². The average molecular weight is 105 g/mol. The largest absolute Gasteiger partial charge is 0 e. The van der Waals surface area contributed by atoms with Gasteiger partial charge in [0.2, 0.25) is 0 Å². The molecular formula is HClLi2Mn. The van der Waals surface area contributed by atoms with Crippen LogP contribution >= 0.6 is 9.80 Å². The molecule has 0 aromatic carbocycles. The van der Waals surface area contributed by atoms with Crippen LogP contribution < -0.4 is 0 Å². The zero-order valence-corrected chi connectivity index (χ0v) is 3.69. The van der Waals surface area contributed by atoms with Crippen LogP contribution in [0.25, 0.3) is 0 Å². The maximum atomic E-state index is 4.64. The van der Waals surface area contributed by atoms with Crippen LogP contribution in [0.15, 0.2) is 0 Å². The smallest absolute Gasteiger partial charge is 0 e. The summed E-state index contributed by atoms with van der Waals surface area (Å²) >= 11 is 1.47. The van der Waals surface area contributed by atoms with Gasteiger partial charge in [0.1, 0.15) is 0 Å². The molecule has 0 spiro atoms. The Morgan fingerprint density at radius 2 is 1.25 bits per heavy atom.